The van der Waals surface area contributed by atoms with Gasteiger partial charge in [-0.2, -0.15) is 0 Å². The lowest BCUT2D eigenvalue weighted by molar-refractivity contribution is -0.135. The first-order chi connectivity index (χ1) is 9.11. The Morgan fingerprint density at radius 2 is 2.16 bits per heavy atom. The summed E-state index contributed by atoms with van der Waals surface area (Å²) < 4.78 is 0. The van der Waals surface area contributed by atoms with E-state index in [0.29, 0.717) is 10.0 Å². The van der Waals surface area contributed by atoms with Crippen LogP contribution in [0, 0.1) is 0 Å². The van der Waals surface area contributed by atoms with Crippen LogP contribution in [0.4, 0.5) is 0 Å². The zero-order valence-corrected chi connectivity index (χ0v) is 12.1. The zero-order valence-electron chi connectivity index (χ0n) is 10.6. The van der Waals surface area contributed by atoms with Crippen molar-refractivity contribution in [1.29, 1.82) is 0 Å². The molecule has 104 valence electrons. The molecule has 0 radical (unpaired) electrons. The number of amides is 1. The van der Waals surface area contributed by atoms with Gasteiger partial charge in [-0.1, -0.05) is 29.3 Å². The van der Waals surface area contributed by atoms with Gasteiger partial charge < -0.3 is 10.0 Å². The van der Waals surface area contributed by atoms with Crippen LogP contribution in [0.2, 0.25) is 10.0 Å². The van der Waals surface area contributed by atoms with Crippen molar-refractivity contribution in [3.63, 3.8) is 0 Å². The van der Waals surface area contributed by atoms with Crippen LogP contribution in [0.1, 0.15) is 24.8 Å². The molecule has 0 spiro atoms. The van der Waals surface area contributed by atoms with Crippen LogP contribution in [0.25, 0.3) is 0 Å². The van der Waals surface area contributed by atoms with Gasteiger partial charge in [-0.25, -0.2) is 0 Å². The van der Waals surface area contributed by atoms with Gasteiger partial charge in [0.25, 0.3) is 0 Å². The molecule has 2 rings (SSSR count). The number of aliphatic hydroxyl groups is 1. The van der Waals surface area contributed by atoms with E-state index in [1.54, 1.807) is 23.1 Å². The summed E-state index contributed by atoms with van der Waals surface area (Å²) in [6, 6.07) is 5.11. The lowest BCUT2D eigenvalue weighted by atomic mass is 10.0. The number of rotatable bonds is 3. The van der Waals surface area contributed by atoms with E-state index in [9.17, 15) is 9.90 Å². The molecule has 0 bridgehead atoms. The van der Waals surface area contributed by atoms with E-state index in [2.05, 4.69) is 0 Å². The molecule has 5 heteroatoms. The normalized spacial score (nSPS) is 19.5. The number of likely N-dealkylation sites (tertiary alicyclic amines) is 1. The lowest BCUT2D eigenvalue weighted by Crippen LogP contribution is -2.46. The summed E-state index contributed by atoms with van der Waals surface area (Å²) in [7, 11) is 0. The van der Waals surface area contributed by atoms with Crippen LogP contribution in [-0.4, -0.2) is 35.1 Å². The molecule has 19 heavy (non-hydrogen) atoms. The third kappa shape index (κ3) is 3.62. The van der Waals surface area contributed by atoms with E-state index in [-0.39, 0.29) is 25.0 Å². The summed E-state index contributed by atoms with van der Waals surface area (Å²) in [4.78, 5) is 14.1. The quantitative estimate of drug-likeness (QED) is 0.932. The van der Waals surface area contributed by atoms with Gasteiger partial charge in [0.05, 0.1) is 19.1 Å². The second kappa shape index (κ2) is 6.60. The maximum absolute atomic E-state index is 12.3. The van der Waals surface area contributed by atoms with Crippen LogP contribution in [-0.2, 0) is 11.2 Å². The van der Waals surface area contributed by atoms with E-state index in [0.717, 1.165) is 31.4 Å². The van der Waals surface area contributed by atoms with Gasteiger partial charge in [-0.05, 0) is 37.0 Å². The predicted octanol–water partition coefficient (Wildman–Crippen LogP) is 2.91. The van der Waals surface area contributed by atoms with Crippen LogP contribution < -0.4 is 0 Å². The van der Waals surface area contributed by atoms with Crippen molar-refractivity contribution in [3.8, 4) is 0 Å². The van der Waals surface area contributed by atoms with Crippen molar-refractivity contribution in [1.82, 2.24) is 4.90 Å². The molecule has 1 aromatic rings. The molecule has 1 saturated heterocycles. The molecule has 0 aliphatic carbocycles. The van der Waals surface area contributed by atoms with Crippen molar-refractivity contribution in [2.45, 2.75) is 31.7 Å². The van der Waals surface area contributed by atoms with E-state index >= 15 is 0 Å². The Hall–Kier alpha value is -0.770. The summed E-state index contributed by atoms with van der Waals surface area (Å²) in [6.07, 6.45) is 3.19. The van der Waals surface area contributed by atoms with Gasteiger partial charge in [0.1, 0.15) is 0 Å². The minimum absolute atomic E-state index is 0.0166. The van der Waals surface area contributed by atoms with Crippen molar-refractivity contribution in [2.24, 2.45) is 0 Å². The van der Waals surface area contributed by atoms with Gasteiger partial charge in [-0.15, -0.1) is 0 Å². The highest BCUT2D eigenvalue weighted by molar-refractivity contribution is 6.35. The van der Waals surface area contributed by atoms with Crippen molar-refractivity contribution >= 4 is 29.1 Å². The Balaban J connectivity index is 2.07. The van der Waals surface area contributed by atoms with Crippen molar-refractivity contribution in [2.75, 3.05) is 13.2 Å². The highest BCUT2D eigenvalue weighted by Crippen LogP contribution is 2.23. The molecule has 1 aliphatic heterocycles. The van der Waals surface area contributed by atoms with Gasteiger partial charge in [0.15, 0.2) is 0 Å². The van der Waals surface area contributed by atoms with Crippen LogP contribution in [0.15, 0.2) is 18.2 Å². The molecular formula is C14H17Cl2NO2. The smallest absolute Gasteiger partial charge is 0.227 e. The second-order valence-corrected chi connectivity index (χ2v) is 5.68. The van der Waals surface area contributed by atoms with Gasteiger partial charge in [-0.3, -0.25) is 4.79 Å². The molecule has 3 nitrogen and oxygen atoms in total. The predicted molar refractivity (Wildman–Crippen MR) is 76.6 cm³/mol. The van der Waals surface area contributed by atoms with Crippen molar-refractivity contribution < 1.29 is 9.90 Å². The average molecular weight is 302 g/mol. The van der Waals surface area contributed by atoms with Gasteiger partial charge in [0, 0.05) is 16.6 Å². The molecule has 1 fully saturated rings. The summed E-state index contributed by atoms with van der Waals surface area (Å²) in [5.74, 6) is 0.0166. The number of halogens is 2. The maximum Gasteiger partial charge on any atom is 0.227 e. The van der Waals surface area contributed by atoms with E-state index < -0.39 is 0 Å². The highest BCUT2D eigenvalue weighted by atomic mass is 35.5. The standard InChI is InChI=1S/C14H17Cl2NO2/c15-11-5-4-10(13(16)8-11)7-14(19)17-6-2-1-3-12(17)9-18/h4-5,8,12,18H,1-3,6-7,9H2. The Morgan fingerprint density at radius 1 is 1.37 bits per heavy atom. The molecule has 1 aromatic carbocycles. The number of hydrogen-bond donors (Lipinski definition) is 1. The van der Waals surface area contributed by atoms with E-state index in [1.807, 2.05) is 0 Å². The lowest BCUT2D eigenvalue weighted by Gasteiger charge is -2.34. The molecule has 0 aromatic heterocycles. The number of hydrogen-bond acceptors (Lipinski definition) is 2. The van der Waals surface area contributed by atoms with Crippen LogP contribution >= 0.6 is 23.2 Å². The fourth-order valence-electron chi connectivity index (χ4n) is 2.45. The summed E-state index contributed by atoms with van der Waals surface area (Å²) in [5.41, 5.74) is 0.776. The largest absolute Gasteiger partial charge is 0.394 e. The number of carbonyl (C=O) groups is 1. The van der Waals surface area contributed by atoms with E-state index in [1.165, 1.54) is 0 Å². The third-order valence-electron chi connectivity index (χ3n) is 3.52. The Bertz CT molecular complexity index is 465. The molecule has 1 heterocycles. The van der Waals surface area contributed by atoms with Crippen molar-refractivity contribution in [3.05, 3.63) is 33.8 Å². The fraction of sp³-hybridized carbons (Fsp3) is 0.500. The summed E-state index contributed by atoms with van der Waals surface area (Å²) >= 11 is 11.9. The molecule has 1 amide bonds. The van der Waals surface area contributed by atoms with E-state index in [4.69, 9.17) is 23.2 Å². The summed E-state index contributed by atoms with van der Waals surface area (Å²) in [6.45, 7) is 0.745. The first kappa shape index (κ1) is 14.6. The SMILES string of the molecule is O=C(Cc1ccc(Cl)cc1Cl)N1CCCCC1CO. The first-order valence-electron chi connectivity index (χ1n) is 6.46. The van der Waals surface area contributed by atoms with Gasteiger partial charge >= 0.3 is 0 Å². The summed E-state index contributed by atoms with van der Waals surface area (Å²) in [5, 5.41) is 10.4. The molecule has 1 aliphatic rings. The maximum atomic E-state index is 12.3. The number of aliphatic hydroxyl groups excluding tert-OH is 1. The number of nitrogens with zero attached hydrogens (tertiary/aromatic N) is 1. The first-order valence-corrected chi connectivity index (χ1v) is 7.21. The Labute approximate surface area is 123 Å². The number of benzene rings is 1. The molecule has 1 atom stereocenters. The highest BCUT2D eigenvalue weighted by Gasteiger charge is 2.26. The Kier molecular flexibility index (Phi) is 5.08. The molecular weight excluding hydrogens is 285 g/mol. The molecule has 1 N–H and O–H groups in total. The number of piperidine rings is 1. The fourth-order valence-corrected chi connectivity index (χ4v) is 2.92. The van der Waals surface area contributed by atoms with Crippen LogP contribution in [0.5, 0.6) is 0 Å². The van der Waals surface area contributed by atoms with Gasteiger partial charge in [0.2, 0.25) is 5.91 Å². The zero-order chi connectivity index (χ0) is 13.8. The van der Waals surface area contributed by atoms with Crippen LogP contribution in [0.3, 0.4) is 0 Å². The average Bonchev–Trinajstić information content (AvgIpc) is 2.41. The number of carbonyl (C=O) groups excluding carboxylic acids is 1. The topological polar surface area (TPSA) is 40.5 Å². The second-order valence-electron chi connectivity index (χ2n) is 4.83. The molecule has 1 unspecified atom stereocenters. The minimum atomic E-state index is -0.0488. The Morgan fingerprint density at radius 3 is 2.84 bits per heavy atom. The minimum Gasteiger partial charge on any atom is -0.394 e. The monoisotopic (exact) mass is 301 g/mol. The molecule has 0 saturated carbocycles. The third-order valence-corrected chi connectivity index (χ3v) is 4.10.